The average Bonchev–Trinajstić information content (AvgIpc) is 2.47. The molecule has 0 spiro atoms. The van der Waals surface area contributed by atoms with Crippen molar-refractivity contribution >= 4 is 6.41 Å². The van der Waals surface area contributed by atoms with Gasteiger partial charge in [0.1, 0.15) is 0 Å². The molecular formula is C15H23N3O. The maximum Gasteiger partial charge on any atom is 0.207 e. The van der Waals surface area contributed by atoms with Crippen LogP contribution in [0.5, 0.6) is 0 Å². The molecule has 104 valence electrons. The summed E-state index contributed by atoms with van der Waals surface area (Å²) in [5, 5.41) is 6.54. The fourth-order valence-electron chi connectivity index (χ4n) is 3.15. The third kappa shape index (κ3) is 2.96. The third-order valence-electron chi connectivity index (χ3n) is 4.15. The van der Waals surface area contributed by atoms with Gasteiger partial charge in [0.2, 0.25) is 6.41 Å². The first-order valence-corrected chi connectivity index (χ1v) is 7.01. The van der Waals surface area contributed by atoms with Crippen LogP contribution >= 0.6 is 0 Å². The molecule has 19 heavy (non-hydrogen) atoms. The number of rotatable bonds is 6. The van der Waals surface area contributed by atoms with E-state index in [0.29, 0.717) is 12.5 Å². The van der Waals surface area contributed by atoms with Crippen molar-refractivity contribution in [2.75, 3.05) is 19.6 Å². The molecule has 4 N–H and O–H groups in total. The molecule has 2 atom stereocenters. The number of amides is 1. The first-order chi connectivity index (χ1) is 9.33. The lowest BCUT2D eigenvalue weighted by Crippen LogP contribution is -2.56. The summed E-state index contributed by atoms with van der Waals surface area (Å²) in [5.41, 5.74) is 6.59. The highest BCUT2D eigenvalue weighted by molar-refractivity contribution is 5.50. The van der Waals surface area contributed by atoms with Crippen molar-refractivity contribution in [3.8, 4) is 0 Å². The molecule has 4 heteroatoms. The lowest BCUT2D eigenvalue weighted by Gasteiger charge is -2.45. The first kappa shape index (κ1) is 14.0. The predicted molar refractivity (Wildman–Crippen MR) is 76.6 cm³/mol. The summed E-state index contributed by atoms with van der Waals surface area (Å²) in [4.78, 5) is 11.1. The van der Waals surface area contributed by atoms with E-state index in [1.54, 1.807) is 0 Å². The van der Waals surface area contributed by atoms with E-state index < -0.39 is 0 Å². The molecule has 0 saturated carbocycles. The van der Waals surface area contributed by atoms with Crippen LogP contribution in [0, 0.1) is 5.92 Å². The molecule has 1 heterocycles. The van der Waals surface area contributed by atoms with Gasteiger partial charge in [-0.2, -0.15) is 0 Å². The van der Waals surface area contributed by atoms with Gasteiger partial charge in [-0.15, -0.1) is 0 Å². The minimum absolute atomic E-state index is 0.247. The van der Waals surface area contributed by atoms with Crippen LogP contribution in [-0.4, -0.2) is 26.0 Å². The normalized spacial score (nSPS) is 26.9. The van der Waals surface area contributed by atoms with Crippen molar-refractivity contribution < 1.29 is 4.79 Å². The Kier molecular flexibility index (Phi) is 4.93. The average molecular weight is 261 g/mol. The second-order valence-corrected chi connectivity index (χ2v) is 5.18. The summed E-state index contributed by atoms with van der Waals surface area (Å²) < 4.78 is 0. The molecule has 1 aliphatic heterocycles. The summed E-state index contributed by atoms with van der Waals surface area (Å²) in [7, 11) is 0. The zero-order chi connectivity index (χ0) is 13.6. The summed E-state index contributed by atoms with van der Waals surface area (Å²) >= 11 is 0. The van der Waals surface area contributed by atoms with Crippen molar-refractivity contribution in [2.45, 2.75) is 24.8 Å². The van der Waals surface area contributed by atoms with E-state index in [-0.39, 0.29) is 5.54 Å². The van der Waals surface area contributed by atoms with Gasteiger partial charge in [0, 0.05) is 6.54 Å². The number of hydrogen-bond acceptors (Lipinski definition) is 3. The van der Waals surface area contributed by atoms with Gasteiger partial charge >= 0.3 is 0 Å². The minimum atomic E-state index is -0.247. The Morgan fingerprint density at radius 1 is 1.42 bits per heavy atom. The Labute approximate surface area is 114 Å². The van der Waals surface area contributed by atoms with Crippen LogP contribution < -0.4 is 16.4 Å². The lowest BCUT2D eigenvalue weighted by atomic mass is 9.71. The highest BCUT2D eigenvalue weighted by Gasteiger charge is 2.41. The molecule has 0 bridgehead atoms. The van der Waals surface area contributed by atoms with Crippen LogP contribution in [0.2, 0.25) is 0 Å². The molecule has 4 nitrogen and oxygen atoms in total. The van der Waals surface area contributed by atoms with Crippen molar-refractivity contribution in [3.63, 3.8) is 0 Å². The van der Waals surface area contributed by atoms with Crippen LogP contribution in [0.25, 0.3) is 0 Å². The largest absolute Gasteiger partial charge is 0.349 e. The van der Waals surface area contributed by atoms with E-state index in [4.69, 9.17) is 5.73 Å². The second kappa shape index (κ2) is 6.68. The van der Waals surface area contributed by atoms with E-state index >= 15 is 0 Å². The predicted octanol–water partition coefficient (Wildman–Crippen LogP) is 0.976. The van der Waals surface area contributed by atoms with Crippen LogP contribution in [0.3, 0.4) is 0 Å². The molecule has 0 radical (unpaired) electrons. The zero-order valence-electron chi connectivity index (χ0n) is 11.3. The Bertz CT molecular complexity index is 396. The Hall–Kier alpha value is -1.39. The van der Waals surface area contributed by atoms with E-state index in [1.807, 2.05) is 18.2 Å². The van der Waals surface area contributed by atoms with Crippen molar-refractivity contribution in [1.82, 2.24) is 10.6 Å². The molecule has 1 fully saturated rings. The number of carbonyl (C=O) groups is 1. The van der Waals surface area contributed by atoms with Crippen LogP contribution in [0.4, 0.5) is 0 Å². The van der Waals surface area contributed by atoms with Gasteiger partial charge < -0.3 is 16.4 Å². The van der Waals surface area contributed by atoms with Crippen LogP contribution in [0.1, 0.15) is 24.8 Å². The standard InChI is InChI=1S/C15H23N3O/c16-9-4-7-14-11-17-10-8-15(14,18-12-19)13-5-2-1-3-6-13/h1-3,5-6,12,14,17H,4,7-11,16H2,(H,18,19). The molecule has 2 unspecified atom stereocenters. The maximum absolute atomic E-state index is 11.1. The van der Waals surface area contributed by atoms with Crippen molar-refractivity contribution in [3.05, 3.63) is 35.9 Å². The molecule has 0 aliphatic carbocycles. The fraction of sp³-hybridized carbons (Fsp3) is 0.533. The highest BCUT2D eigenvalue weighted by atomic mass is 16.1. The number of hydrogen-bond donors (Lipinski definition) is 3. The maximum atomic E-state index is 11.1. The van der Waals surface area contributed by atoms with Gasteiger partial charge in [0.05, 0.1) is 5.54 Å². The zero-order valence-corrected chi connectivity index (χ0v) is 11.3. The monoisotopic (exact) mass is 261 g/mol. The van der Waals surface area contributed by atoms with Gasteiger partial charge in [0.15, 0.2) is 0 Å². The number of piperidine rings is 1. The summed E-state index contributed by atoms with van der Waals surface area (Å²) in [6.45, 7) is 2.55. The molecule has 1 saturated heterocycles. The topological polar surface area (TPSA) is 67.2 Å². The number of carbonyl (C=O) groups excluding carboxylic acids is 1. The molecule has 1 amide bonds. The van der Waals surface area contributed by atoms with Crippen molar-refractivity contribution in [2.24, 2.45) is 11.7 Å². The smallest absolute Gasteiger partial charge is 0.207 e. The molecule has 1 aliphatic rings. The van der Waals surface area contributed by atoms with E-state index in [9.17, 15) is 4.79 Å². The van der Waals surface area contributed by atoms with E-state index in [0.717, 1.165) is 38.8 Å². The molecule has 2 rings (SSSR count). The Balaban J connectivity index is 2.31. The molecular weight excluding hydrogens is 238 g/mol. The summed E-state index contributed by atoms with van der Waals surface area (Å²) in [5.74, 6) is 0.386. The lowest BCUT2D eigenvalue weighted by molar-refractivity contribution is -0.112. The van der Waals surface area contributed by atoms with Crippen LogP contribution in [-0.2, 0) is 10.3 Å². The number of benzene rings is 1. The van der Waals surface area contributed by atoms with Crippen LogP contribution in [0.15, 0.2) is 30.3 Å². The van der Waals surface area contributed by atoms with Gasteiger partial charge in [-0.3, -0.25) is 4.79 Å². The summed E-state index contributed by atoms with van der Waals surface area (Å²) in [6, 6.07) is 10.3. The summed E-state index contributed by atoms with van der Waals surface area (Å²) in [6.07, 6.45) is 3.78. The van der Waals surface area contributed by atoms with Gasteiger partial charge in [0.25, 0.3) is 0 Å². The van der Waals surface area contributed by atoms with Crippen molar-refractivity contribution in [1.29, 1.82) is 0 Å². The minimum Gasteiger partial charge on any atom is -0.349 e. The van der Waals surface area contributed by atoms with Gasteiger partial charge in [-0.25, -0.2) is 0 Å². The van der Waals surface area contributed by atoms with Gasteiger partial charge in [-0.05, 0) is 43.8 Å². The molecule has 0 aromatic heterocycles. The Morgan fingerprint density at radius 3 is 2.89 bits per heavy atom. The molecule has 1 aromatic carbocycles. The SMILES string of the molecule is NCCCC1CNCCC1(NC=O)c1ccccc1. The van der Waals surface area contributed by atoms with E-state index in [2.05, 4.69) is 22.8 Å². The van der Waals surface area contributed by atoms with E-state index in [1.165, 1.54) is 5.56 Å². The Morgan fingerprint density at radius 2 is 2.21 bits per heavy atom. The fourth-order valence-corrected chi connectivity index (χ4v) is 3.15. The second-order valence-electron chi connectivity index (χ2n) is 5.18. The number of nitrogens with two attached hydrogens (primary N) is 1. The quantitative estimate of drug-likeness (QED) is 0.669. The number of nitrogens with one attached hydrogen (secondary N) is 2. The first-order valence-electron chi connectivity index (χ1n) is 7.01. The third-order valence-corrected chi connectivity index (χ3v) is 4.15. The molecule has 1 aromatic rings. The van der Waals surface area contributed by atoms with Gasteiger partial charge in [-0.1, -0.05) is 30.3 Å². The highest BCUT2D eigenvalue weighted by Crippen LogP contribution is 2.37.